The number of aromatic hydroxyl groups is 2. The highest BCUT2D eigenvalue weighted by Gasteiger charge is 2.32. The molecule has 434 valence electrons. The van der Waals surface area contributed by atoms with Crippen LogP contribution >= 0.6 is 0 Å². The van der Waals surface area contributed by atoms with Crippen molar-refractivity contribution in [1.29, 1.82) is 0 Å². The summed E-state index contributed by atoms with van der Waals surface area (Å²) in [5, 5.41) is 37.1. The monoisotopic (exact) mass is 1130 g/mol. The zero-order valence-corrected chi connectivity index (χ0v) is 44.9. The van der Waals surface area contributed by atoms with Gasteiger partial charge < -0.3 is 86.5 Å². The van der Waals surface area contributed by atoms with Gasteiger partial charge in [-0.3, -0.25) is 48.3 Å². The molecule has 26 nitrogen and oxygen atoms in total. The van der Waals surface area contributed by atoms with Crippen LogP contribution in [0.2, 0.25) is 0 Å². The quantitative estimate of drug-likeness (QED) is 0.0143. The Balaban J connectivity index is 1.20. The van der Waals surface area contributed by atoms with E-state index in [4.69, 9.17) is 34.4 Å². The first-order valence-corrected chi connectivity index (χ1v) is 26.4. The van der Waals surface area contributed by atoms with Gasteiger partial charge in [0, 0.05) is 85.8 Å². The molecule has 6 atom stereocenters. The Morgan fingerprint density at radius 2 is 0.768 bits per heavy atom. The Hall–Kier alpha value is -10.1. The average Bonchev–Trinajstić information content (AvgIpc) is 4.26. The number of H-pyrrole nitrogens is 2. The first-order chi connectivity index (χ1) is 39.2. The number of phenolic OH excluding ortho intramolecular Hbond substituents is 2. The number of guanidine groups is 2. The number of hydrogen-bond donors (Lipinski definition) is 16. The second kappa shape index (κ2) is 29.7. The Morgan fingerprint density at radius 1 is 0.427 bits per heavy atom. The van der Waals surface area contributed by atoms with Crippen LogP contribution in [0.5, 0.6) is 11.5 Å². The van der Waals surface area contributed by atoms with Gasteiger partial charge in [0.25, 0.3) is 0 Å². The lowest BCUT2D eigenvalue weighted by molar-refractivity contribution is -0.134. The number of aromatic nitrogens is 2. The smallest absolute Gasteiger partial charge is 0.243 e. The first-order valence-electron chi connectivity index (χ1n) is 26.4. The number of carbonyl (C=O) groups is 8. The van der Waals surface area contributed by atoms with Crippen LogP contribution in [0.25, 0.3) is 21.8 Å². The van der Waals surface area contributed by atoms with Gasteiger partial charge >= 0.3 is 0 Å². The number of para-hydroxylation sites is 2. The van der Waals surface area contributed by atoms with Crippen LogP contribution in [-0.2, 0) is 64.0 Å². The summed E-state index contributed by atoms with van der Waals surface area (Å²) in [6.07, 6.45) is 2.42. The van der Waals surface area contributed by atoms with Crippen molar-refractivity contribution >= 4 is 81.0 Å². The lowest BCUT2D eigenvalue weighted by Crippen LogP contribution is -2.57. The molecule has 8 amide bonds. The number of nitrogens with two attached hydrogens (primary N) is 6. The predicted octanol–water partition coefficient (Wildman–Crippen LogP) is -0.902. The van der Waals surface area contributed by atoms with E-state index in [2.05, 4.69) is 51.9 Å². The summed E-state index contributed by atoms with van der Waals surface area (Å²) in [6, 6.07) is 18.6. The minimum Gasteiger partial charge on any atom is -0.508 e. The molecule has 22 N–H and O–H groups in total. The lowest BCUT2D eigenvalue weighted by atomic mass is 10.0. The molecule has 0 aliphatic heterocycles. The van der Waals surface area contributed by atoms with Crippen LogP contribution in [0.1, 0.15) is 60.8 Å². The maximum absolute atomic E-state index is 14.5. The average molecular weight is 1130 g/mol. The van der Waals surface area contributed by atoms with E-state index in [9.17, 15) is 48.6 Å². The van der Waals surface area contributed by atoms with E-state index in [1.165, 1.54) is 24.3 Å². The van der Waals surface area contributed by atoms with E-state index in [-0.39, 0.29) is 87.9 Å². The molecule has 0 bridgehead atoms. The Kier molecular flexibility index (Phi) is 22.1. The Morgan fingerprint density at radius 3 is 1.12 bits per heavy atom. The fraction of sp³-hybridized carbons (Fsp3) is 0.321. The minimum absolute atomic E-state index is 0.0123. The number of amides is 8. The van der Waals surface area contributed by atoms with E-state index in [0.29, 0.717) is 22.3 Å². The maximum Gasteiger partial charge on any atom is 0.243 e. The van der Waals surface area contributed by atoms with Crippen LogP contribution in [-0.4, -0.2) is 129 Å². The van der Waals surface area contributed by atoms with Gasteiger partial charge in [-0.05, 0) is 84.3 Å². The SMILES string of the molecule is NC(=O)C(Cc1ccc(O)cc1)NC(=O)C(CCCN=C(N)N)NC(=O)C(Cc1c[nH]c2ccccc12)NC(=O)CCC(=O)NC(Cc1c[nH]c2ccccc12)C(=O)NC(CCCN=C(N)N)C(=O)NC(Cc1ccc(O)cc1)C(N)=O. The molecule has 6 unspecified atom stereocenters. The third-order valence-corrected chi connectivity index (χ3v) is 13.3. The molecular formula is C56H70N16O10. The molecule has 0 radical (unpaired) electrons. The van der Waals surface area contributed by atoms with Crippen LogP contribution in [0, 0.1) is 0 Å². The number of hydrogen-bond acceptors (Lipinski definition) is 12. The van der Waals surface area contributed by atoms with Gasteiger partial charge in [0.1, 0.15) is 47.8 Å². The van der Waals surface area contributed by atoms with Crippen LogP contribution < -0.4 is 66.3 Å². The number of carbonyl (C=O) groups excluding carboxylic acids is 8. The zero-order chi connectivity index (χ0) is 59.3. The van der Waals surface area contributed by atoms with Gasteiger partial charge in [-0.25, -0.2) is 0 Å². The number of phenols is 2. The summed E-state index contributed by atoms with van der Waals surface area (Å²) >= 11 is 0. The molecule has 2 aromatic heterocycles. The third-order valence-electron chi connectivity index (χ3n) is 13.3. The summed E-state index contributed by atoms with van der Waals surface area (Å²) in [5.41, 5.74) is 37.4. The lowest BCUT2D eigenvalue weighted by Gasteiger charge is -2.25. The van der Waals surface area contributed by atoms with Crippen molar-refractivity contribution in [2.45, 2.75) is 100 Å². The first kappa shape index (κ1) is 61.1. The predicted molar refractivity (Wildman–Crippen MR) is 307 cm³/mol. The van der Waals surface area contributed by atoms with Gasteiger partial charge in [0.2, 0.25) is 47.3 Å². The number of nitrogens with one attached hydrogen (secondary N) is 8. The summed E-state index contributed by atoms with van der Waals surface area (Å²) in [6.45, 7) is 0.154. The number of fused-ring (bicyclic) bond motifs is 2. The normalized spacial score (nSPS) is 13.2. The molecule has 0 saturated heterocycles. The fourth-order valence-electron chi connectivity index (χ4n) is 9.03. The van der Waals surface area contributed by atoms with E-state index in [1.807, 2.05) is 36.4 Å². The number of aromatic amines is 2. The second-order valence-electron chi connectivity index (χ2n) is 19.6. The number of rotatable bonds is 31. The molecule has 0 aliphatic carbocycles. The molecule has 0 aliphatic rings. The summed E-state index contributed by atoms with van der Waals surface area (Å²) < 4.78 is 0. The van der Waals surface area contributed by atoms with E-state index in [0.717, 1.165) is 21.8 Å². The second-order valence-corrected chi connectivity index (χ2v) is 19.6. The zero-order valence-electron chi connectivity index (χ0n) is 44.9. The van der Waals surface area contributed by atoms with Gasteiger partial charge in [0.15, 0.2) is 11.9 Å². The van der Waals surface area contributed by atoms with Gasteiger partial charge in [-0.1, -0.05) is 60.7 Å². The number of primary amides is 2. The van der Waals surface area contributed by atoms with Crippen molar-refractivity contribution in [2.75, 3.05) is 13.1 Å². The van der Waals surface area contributed by atoms with Crippen molar-refractivity contribution in [3.8, 4) is 11.5 Å². The van der Waals surface area contributed by atoms with E-state index < -0.39 is 96.4 Å². The summed E-state index contributed by atoms with van der Waals surface area (Å²) in [7, 11) is 0. The molecule has 26 heteroatoms. The molecule has 82 heavy (non-hydrogen) atoms. The summed E-state index contributed by atoms with van der Waals surface area (Å²) in [4.78, 5) is 124. The third kappa shape index (κ3) is 18.8. The molecule has 4 aromatic carbocycles. The van der Waals surface area contributed by atoms with Crippen LogP contribution in [0.3, 0.4) is 0 Å². The highest BCUT2D eigenvalue weighted by Crippen LogP contribution is 2.22. The molecule has 0 spiro atoms. The van der Waals surface area contributed by atoms with Crippen molar-refractivity contribution in [1.82, 2.24) is 41.9 Å². The highest BCUT2D eigenvalue weighted by atomic mass is 16.3. The summed E-state index contributed by atoms with van der Waals surface area (Å²) in [5.74, 6) is -6.81. The van der Waals surface area contributed by atoms with Gasteiger partial charge in [-0.15, -0.1) is 0 Å². The molecular weight excluding hydrogens is 1060 g/mol. The fourth-order valence-corrected chi connectivity index (χ4v) is 9.03. The Bertz CT molecular complexity index is 3040. The molecule has 0 saturated carbocycles. The topological polar surface area (TPSA) is 462 Å². The van der Waals surface area contributed by atoms with Crippen molar-refractivity contribution in [3.63, 3.8) is 0 Å². The number of nitrogens with zero attached hydrogens (tertiary/aromatic N) is 2. The van der Waals surface area contributed by atoms with Crippen LogP contribution in [0.15, 0.2) is 119 Å². The van der Waals surface area contributed by atoms with E-state index >= 15 is 0 Å². The van der Waals surface area contributed by atoms with Crippen LogP contribution in [0.4, 0.5) is 0 Å². The van der Waals surface area contributed by atoms with E-state index in [1.54, 1.807) is 48.8 Å². The largest absolute Gasteiger partial charge is 0.508 e. The molecule has 0 fully saturated rings. The molecule has 2 heterocycles. The van der Waals surface area contributed by atoms with Crippen molar-refractivity contribution < 1.29 is 48.6 Å². The highest BCUT2D eigenvalue weighted by molar-refractivity contribution is 5.97. The molecule has 6 rings (SSSR count). The number of aliphatic imine (C=N–C) groups is 2. The van der Waals surface area contributed by atoms with Gasteiger partial charge in [-0.2, -0.15) is 0 Å². The van der Waals surface area contributed by atoms with Crippen molar-refractivity contribution in [3.05, 3.63) is 132 Å². The Labute approximate surface area is 471 Å². The standard InChI is InChI=1S/C56H70N16O10/c57-49(77)43(25-31-13-17-35(73)18-14-31)71-51(79)41(11-5-23-63-55(59)60)69-53(81)45(27-33-29-65-39-9-3-1-7-37(33)39)67-47(75)21-22-48(76)68-46(28-34-30-66-40-10-4-2-8-38(34)40)54(82)70-42(12-6-24-64-56(61)62)52(80)72-44(50(58)78)26-32-15-19-36(74)20-16-32/h1-4,7-10,13-20,29-30,41-46,65-66,73-74H,5-6,11-12,21-28H2,(H2,57,77)(H2,58,78)(H,67,75)(H,68,76)(H,69,81)(H,70,82)(H,71,79)(H,72,80)(H4,59,60,63)(H4,61,62,64). The minimum atomic E-state index is -1.35. The van der Waals surface area contributed by atoms with Gasteiger partial charge in [0.05, 0.1) is 0 Å². The van der Waals surface area contributed by atoms with Crippen molar-refractivity contribution in [2.24, 2.45) is 44.4 Å². The number of benzene rings is 4. The molecule has 6 aromatic rings. The maximum atomic E-state index is 14.5.